The zero-order chi connectivity index (χ0) is 11.1. The van der Waals surface area contributed by atoms with Crippen molar-refractivity contribution in [3.63, 3.8) is 0 Å². The minimum atomic E-state index is -0.583. The Balaban J connectivity index is 2.44. The van der Waals surface area contributed by atoms with Crippen molar-refractivity contribution in [1.29, 1.82) is 0 Å². The van der Waals surface area contributed by atoms with Crippen LogP contribution in [-0.2, 0) is 0 Å². The van der Waals surface area contributed by atoms with E-state index in [1.165, 1.54) is 12.3 Å². The Labute approximate surface area is 92.5 Å². The lowest BCUT2D eigenvalue weighted by molar-refractivity contribution is 0.0949. The molecule has 0 unspecified atom stereocenters. The lowest BCUT2D eigenvalue weighted by Gasteiger charge is -2.04. The van der Waals surface area contributed by atoms with Gasteiger partial charge in [0.2, 0.25) is 0 Å². The molecule has 1 aromatic rings. The summed E-state index contributed by atoms with van der Waals surface area (Å²) in [5, 5.41) is 2.65. The third-order valence-electron chi connectivity index (χ3n) is 1.83. The van der Waals surface area contributed by atoms with Crippen molar-refractivity contribution >= 4 is 17.7 Å². The van der Waals surface area contributed by atoms with Crippen LogP contribution >= 0.6 is 11.8 Å². The van der Waals surface area contributed by atoms with Crippen LogP contribution in [0.5, 0.6) is 0 Å². The van der Waals surface area contributed by atoms with E-state index in [9.17, 15) is 9.18 Å². The van der Waals surface area contributed by atoms with E-state index >= 15 is 0 Å². The van der Waals surface area contributed by atoms with Crippen molar-refractivity contribution in [3.05, 3.63) is 29.8 Å². The van der Waals surface area contributed by atoms with Crippen LogP contribution in [0, 0.1) is 5.82 Å². The monoisotopic (exact) mass is 228 g/mol. The molecule has 1 rings (SSSR count). The van der Waals surface area contributed by atoms with Gasteiger partial charge in [-0.25, -0.2) is 4.39 Å². The van der Waals surface area contributed by atoms with Gasteiger partial charge in [-0.1, -0.05) is 0 Å². The number of aromatic nitrogens is 1. The third kappa shape index (κ3) is 3.87. The number of rotatable bonds is 5. The fourth-order valence-corrected chi connectivity index (χ4v) is 1.51. The lowest BCUT2D eigenvalue weighted by Crippen LogP contribution is -2.25. The molecule has 1 amide bonds. The molecule has 0 aliphatic heterocycles. The molecule has 0 aliphatic rings. The second-order valence-electron chi connectivity index (χ2n) is 2.96. The molecule has 0 spiro atoms. The Bertz CT molecular complexity index is 333. The number of amides is 1. The number of thioether (sulfide) groups is 1. The predicted octanol–water partition coefficient (Wildman–Crippen LogP) is 1.70. The lowest BCUT2D eigenvalue weighted by atomic mass is 10.2. The molecule has 5 heteroatoms. The van der Waals surface area contributed by atoms with E-state index in [1.54, 1.807) is 11.8 Å². The minimum Gasteiger partial charge on any atom is -0.352 e. The van der Waals surface area contributed by atoms with Gasteiger partial charge in [-0.05, 0) is 24.5 Å². The maximum Gasteiger partial charge on any atom is 0.254 e. The summed E-state index contributed by atoms with van der Waals surface area (Å²) >= 11 is 1.72. The highest BCUT2D eigenvalue weighted by molar-refractivity contribution is 7.98. The van der Waals surface area contributed by atoms with E-state index < -0.39 is 5.82 Å². The molecule has 1 aromatic heterocycles. The van der Waals surface area contributed by atoms with Crippen LogP contribution in [0.15, 0.2) is 18.5 Å². The van der Waals surface area contributed by atoms with Crippen molar-refractivity contribution in [2.24, 2.45) is 0 Å². The molecule has 0 saturated carbocycles. The van der Waals surface area contributed by atoms with E-state index in [-0.39, 0.29) is 11.5 Å². The molecule has 82 valence electrons. The average Bonchev–Trinajstić information content (AvgIpc) is 2.25. The molecule has 0 bridgehead atoms. The van der Waals surface area contributed by atoms with Crippen LogP contribution in [0.25, 0.3) is 0 Å². The third-order valence-corrected chi connectivity index (χ3v) is 2.52. The Morgan fingerprint density at radius 1 is 1.67 bits per heavy atom. The fraction of sp³-hybridized carbons (Fsp3) is 0.400. The molecule has 0 saturated heterocycles. The Kier molecular flexibility index (Phi) is 5.10. The van der Waals surface area contributed by atoms with Gasteiger partial charge in [-0.3, -0.25) is 9.78 Å². The first kappa shape index (κ1) is 12.0. The van der Waals surface area contributed by atoms with Gasteiger partial charge in [0.25, 0.3) is 5.91 Å². The summed E-state index contributed by atoms with van der Waals surface area (Å²) in [6.45, 7) is 0.571. The molecular weight excluding hydrogens is 215 g/mol. The second-order valence-corrected chi connectivity index (χ2v) is 3.94. The summed E-state index contributed by atoms with van der Waals surface area (Å²) in [6.07, 6.45) is 5.33. The average molecular weight is 228 g/mol. The van der Waals surface area contributed by atoms with Crippen LogP contribution in [0.3, 0.4) is 0 Å². The number of carbonyl (C=O) groups excluding carboxylic acids is 1. The maximum absolute atomic E-state index is 13.1. The van der Waals surface area contributed by atoms with E-state index in [0.29, 0.717) is 6.54 Å². The fourth-order valence-electron chi connectivity index (χ4n) is 1.07. The zero-order valence-electron chi connectivity index (χ0n) is 8.50. The Morgan fingerprint density at radius 3 is 3.13 bits per heavy atom. The number of nitrogens with one attached hydrogen (secondary N) is 1. The molecule has 0 aliphatic carbocycles. The van der Waals surface area contributed by atoms with Gasteiger partial charge in [0.05, 0.1) is 11.8 Å². The highest BCUT2D eigenvalue weighted by Gasteiger charge is 2.09. The molecule has 1 N–H and O–H groups in total. The molecular formula is C10H13FN2OS. The number of hydrogen-bond acceptors (Lipinski definition) is 3. The summed E-state index contributed by atoms with van der Waals surface area (Å²) in [4.78, 5) is 15.0. The van der Waals surface area contributed by atoms with Gasteiger partial charge >= 0.3 is 0 Å². The topological polar surface area (TPSA) is 42.0 Å². The number of nitrogens with zero attached hydrogens (tertiary/aromatic N) is 1. The van der Waals surface area contributed by atoms with E-state index in [1.807, 2.05) is 6.26 Å². The van der Waals surface area contributed by atoms with Crippen LogP contribution in [-0.4, -0.2) is 29.4 Å². The van der Waals surface area contributed by atoms with Crippen molar-refractivity contribution < 1.29 is 9.18 Å². The van der Waals surface area contributed by atoms with E-state index in [2.05, 4.69) is 10.3 Å². The molecule has 0 atom stereocenters. The van der Waals surface area contributed by atoms with E-state index in [4.69, 9.17) is 0 Å². The number of carbonyl (C=O) groups is 1. The molecule has 1 heterocycles. The van der Waals surface area contributed by atoms with E-state index in [0.717, 1.165) is 18.4 Å². The summed E-state index contributed by atoms with van der Waals surface area (Å²) in [7, 11) is 0. The number of hydrogen-bond donors (Lipinski definition) is 1. The SMILES string of the molecule is CSCCCNC(=O)c1ccncc1F. The quantitative estimate of drug-likeness (QED) is 0.780. The zero-order valence-corrected chi connectivity index (χ0v) is 9.31. The maximum atomic E-state index is 13.1. The van der Waals surface area contributed by atoms with Crippen LogP contribution in [0.4, 0.5) is 4.39 Å². The van der Waals surface area contributed by atoms with Crippen molar-refractivity contribution in [1.82, 2.24) is 10.3 Å². The van der Waals surface area contributed by atoms with Crippen LogP contribution < -0.4 is 5.32 Å². The largest absolute Gasteiger partial charge is 0.352 e. The summed E-state index contributed by atoms with van der Waals surface area (Å²) in [5.74, 6) is 0.0231. The highest BCUT2D eigenvalue weighted by atomic mass is 32.2. The van der Waals surface area contributed by atoms with Gasteiger partial charge in [0.15, 0.2) is 5.82 Å². The predicted molar refractivity (Wildman–Crippen MR) is 59.5 cm³/mol. The summed E-state index contributed by atoms with van der Waals surface area (Å²) < 4.78 is 13.1. The Hall–Kier alpha value is -1.10. The van der Waals surface area contributed by atoms with Crippen molar-refractivity contribution in [2.45, 2.75) is 6.42 Å². The standard InChI is InChI=1S/C10H13FN2OS/c1-15-6-2-4-13-10(14)8-3-5-12-7-9(8)11/h3,5,7H,2,4,6H2,1H3,(H,13,14). The second kappa shape index (κ2) is 6.40. The summed E-state index contributed by atoms with van der Waals surface area (Å²) in [6, 6.07) is 1.37. The normalized spacial score (nSPS) is 10.0. The molecule has 0 fully saturated rings. The number of pyridine rings is 1. The van der Waals surface area contributed by atoms with Crippen LogP contribution in [0.2, 0.25) is 0 Å². The smallest absolute Gasteiger partial charge is 0.254 e. The highest BCUT2D eigenvalue weighted by Crippen LogP contribution is 2.03. The van der Waals surface area contributed by atoms with Gasteiger partial charge in [0, 0.05) is 12.7 Å². The Morgan fingerprint density at radius 2 is 2.47 bits per heavy atom. The minimum absolute atomic E-state index is 0.0501. The molecule has 0 radical (unpaired) electrons. The van der Waals surface area contributed by atoms with Crippen molar-refractivity contribution in [3.8, 4) is 0 Å². The molecule has 15 heavy (non-hydrogen) atoms. The van der Waals surface area contributed by atoms with Gasteiger partial charge in [-0.15, -0.1) is 0 Å². The van der Waals surface area contributed by atoms with Crippen LogP contribution in [0.1, 0.15) is 16.8 Å². The van der Waals surface area contributed by atoms with Gasteiger partial charge in [0.1, 0.15) is 0 Å². The molecule has 0 aromatic carbocycles. The first-order chi connectivity index (χ1) is 7.25. The van der Waals surface area contributed by atoms with Gasteiger partial charge < -0.3 is 5.32 Å². The summed E-state index contributed by atoms with van der Waals surface area (Å²) in [5.41, 5.74) is 0.0501. The number of halogens is 1. The molecule has 3 nitrogen and oxygen atoms in total. The first-order valence-electron chi connectivity index (χ1n) is 4.62. The first-order valence-corrected chi connectivity index (χ1v) is 6.01. The van der Waals surface area contributed by atoms with Crippen molar-refractivity contribution in [2.75, 3.05) is 18.6 Å². The van der Waals surface area contributed by atoms with Gasteiger partial charge in [-0.2, -0.15) is 11.8 Å².